The van der Waals surface area contributed by atoms with Crippen LogP contribution in [-0.4, -0.2) is 5.91 Å². The lowest BCUT2D eigenvalue weighted by Gasteiger charge is -2.13. The number of hydrogen-bond acceptors (Lipinski definition) is 3. The van der Waals surface area contributed by atoms with Crippen molar-refractivity contribution in [2.45, 2.75) is 6.42 Å². The van der Waals surface area contributed by atoms with E-state index in [4.69, 9.17) is 5.73 Å². The van der Waals surface area contributed by atoms with Crippen LogP contribution in [0.1, 0.15) is 5.56 Å². The maximum atomic E-state index is 11.4. The van der Waals surface area contributed by atoms with E-state index in [0.717, 1.165) is 31.6 Å². The van der Waals surface area contributed by atoms with Crippen molar-refractivity contribution < 1.29 is 4.79 Å². The molecule has 0 saturated heterocycles. The maximum absolute atomic E-state index is 11.4. The third-order valence-corrected chi connectivity index (χ3v) is 4.28. The van der Waals surface area contributed by atoms with Crippen LogP contribution in [-0.2, 0) is 11.2 Å². The highest BCUT2D eigenvalue weighted by Gasteiger charge is 2.19. The molecule has 4 nitrogen and oxygen atoms in total. The first-order valence-corrected chi connectivity index (χ1v) is 7.56. The second-order valence-electron chi connectivity index (χ2n) is 4.57. The normalized spacial score (nSPS) is 13.0. The van der Waals surface area contributed by atoms with Crippen LogP contribution in [0.25, 0.3) is 0 Å². The summed E-state index contributed by atoms with van der Waals surface area (Å²) in [6.07, 6.45) is 0.389. The summed E-state index contributed by atoms with van der Waals surface area (Å²) in [4.78, 5) is 11.4. The van der Waals surface area contributed by atoms with Crippen LogP contribution in [0.5, 0.6) is 0 Å². The van der Waals surface area contributed by atoms with Gasteiger partial charge >= 0.3 is 0 Å². The smallest absolute Gasteiger partial charge is 0.228 e. The largest absolute Gasteiger partial charge is 0.397 e. The number of nitrogen functional groups attached to an aromatic ring is 1. The van der Waals surface area contributed by atoms with Crippen molar-refractivity contribution in [3.63, 3.8) is 0 Å². The second kappa shape index (κ2) is 5.10. The molecule has 102 valence electrons. The molecule has 1 heterocycles. The monoisotopic (exact) mass is 395 g/mol. The molecule has 0 aliphatic carbocycles. The van der Waals surface area contributed by atoms with Gasteiger partial charge in [0.05, 0.1) is 23.5 Å². The van der Waals surface area contributed by atoms with Gasteiger partial charge in [-0.25, -0.2) is 0 Å². The van der Waals surface area contributed by atoms with Crippen LogP contribution in [0, 0.1) is 0 Å². The second-order valence-corrected chi connectivity index (χ2v) is 6.34. The van der Waals surface area contributed by atoms with Gasteiger partial charge in [0.2, 0.25) is 5.91 Å². The molecule has 20 heavy (non-hydrogen) atoms. The average molecular weight is 397 g/mol. The molecule has 4 N–H and O–H groups in total. The van der Waals surface area contributed by atoms with Gasteiger partial charge in [-0.05, 0) is 51.8 Å². The summed E-state index contributed by atoms with van der Waals surface area (Å²) in [6.45, 7) is 0. The third kappa shape index (κ3) is 2.53. The minimum Gasteiger partial charge on any atom is -0.397 e. The standard InChI is InChI=1S/C14H11Br2N3O/c15-8-1-2-9(16)12(5-8)18-13-6-11-7(3-10(13)17)4-14(20)19-11/h1-3,5-6,18H,4,17H2,(H,19,20). The van der Waals surface area contributed by atoms with Gasteiger partial charge in [-0.3, -0.25) is 4.79 Å². The van der Waals surface area contributed by atoms with Crippen LogP contribution < -0.4 is 16.4 Å². The summed E-state index contributed by atoms with van der Waals surface area (Å²) in [5.74, 6) is 0.000172. The number of nitrogens with two attached hydrogens (primary N) is 1. The fourth-order valence-corrected chi connectivity index (χ4v) is 2.85. The summed E-state index contributed by atoms with van der Waals surface area (Å²) in [6, 6.07) is 9.54. The Morgan fingerprint density at radius 2 is 1.95 bits per heavy atom. The van der Waals surface area contributed by atoms with Crippen molar-refractivity contribution >= 4 is 60.5 Å². The summed E-state index contributed by atoms with van der Waals surface area (Å²) in [5.41, 5.74) is 10.1. The van der Waals surface area contributed by atoms with Gasteiger partial charge in [0.1, 0.15) is 0 Å². The van der Waals surface area contributed by atoms with Gasteiger partial charge in [-0.1, -0.05) is 15.9 Å². The lowest BCUT2D eigenvalue weighted by atomic mass is 10.1. The molecule has 0 aromatic heterocycles. The fraction of sp³-hybridized carbons (Fsp3) is 0.0714. The molecule has 0 saturated carbocycles. The Hall–Kier alpha value is -1.53. The number of rotatable bonds is 2. The number of halogens is 2. The summed E-state index contributed by atoms with van der Waals surface area (Å²) in [7, 11) is 0. The van der Waals surface area contributed by atoms with E-state index in [9.17, 15) is 4.79 Å². The number of nitrogens with one attached hydrogen (secondary N) is 2. The first kappa shape index (κ1) is 13.5. The summed E-state index contributed by atoms with van der Waals surface area (Å²) < 4.78 is 1.90. The van der Waals surface area contributed by atoms with Crippen molar-refractivity contribution in [3.8, 4) is 0 Å². The number of benzene rings is 2. The summed E-state index contributed by atoms with van der Waals surface area (Å²) in [5, 5.41) is 6.09. The Morgan fingerprint density at radius 3 is 2.75 bits per heavy atom. The van der Waals surface area contributed by atoms with Gasteiger partial charge in [0.25, 0.3) is 0 Å². The molecular weight excluding hydrogens is 386 g/mol. The Kier molecular flexibility index (Phi) is 3.43. The number of amides is 1. The molecule has 2 aromatic carbocycles. The SMILES string of the molecule is Nc1cc2c(cc1Nc1cc(Br)ccc1Br)NC(=O)C2. The van der Waals surface area contributed by atoms with Crippen molar-refractivity contribution in [3.05, 3.63) is 44.8 Å². The zero-order valence-corrected chi connectivity index (χ0v) is 13.5. The molecule has 0 radical (unpaired) electrons. The van der Waals surface area contributed by atoms with E-state index in [1.54, 1.807) is 0 Å². The fourth-order valence-electron chi connectivity index (χ4n) is 2.14. The highest BCUT2D eigenvalue weighted by atomic mass is 79.9. The number of carbonyl (C=O) groups excluding carboxylic acids is 1. The molecular formula is C14H11Br2N3O. The predicted octanol–water partition coefficient (Wildman–Crippen LogP) is 4.03. The van der Waals surface area contributed by atoms with Crippen molar-refractivity contribution in [2.24, 2.45) is 0 Å². The lowest BCUT2D eigenvalue weighted by Crippen LogP contribution is -2.03. The molecule has 0 atom stereocenters. The highest BCUT2D eigenvalue weighted by Crippen LogP contribution is 2.35. The number of hydrogen-bond donors (Lipinski definition) is 3. The molecule has 6 heteroatoms. The third-order valence-electron chi connectivity index (χ3n) is 3.10. The van der Waals surface area contributed by atoms with E-state index in [-0.39, 0.29) is 5.91 Å². The van der Waals surface area contributed by atoms with Crippen LogP contribution in [0.3, 0.4) is 0 Å². The van der Waals surface area contributed by atoms with E-state index < -0.39 is 0 Å². The summed E-state index contributed by atoms with van der Waals surface area (Å²) >= 11 is 6.93. The predicted molar refractivity (Wildman–Crippen MR) is 88.3 cm³/mol. The average Bonchev–Trinajstić information content (AvgIpc) is 2.73. The van der Waals surface area contributed by atoms with Crippen molar-refractivity contribution in [1.29, 1.82) is 0 Å². The molecule has 0 fully saturated rings. The van der Waals surface area contributed by atoms with E-state index in [1.807, 2.05) is 30.3 Å². The van der Waals surface area contributed by atoms with Crippen molar-refractivity contribution in [1.82, 2.24) is 0 Å². The molecule has 0 spiro atoms. The number of carbonyl (C=O) groups is 1. The molecule has 0 bridgehead atoms. The molecule has 1 aliphatic rings. The molecule has 2 aromatic rings. The van der Waals surface area contributed by atoms with Gasteiger partial charge in [-0.2, -0.15) is 0 Å². The Labute approximate surface area is 133 Å². The Morgan fingerprint density at radius 1 is 1.15 bits per heavy atom. The topological polar surface area (TPSA) is 67.2 Å². The van der Waals surface area contributed by atoms with Crippen LogP contribution in [0.4, 0.5) is 22.7 Å². The van der Waals surface area contributed by atoms with Gasteiger partial charge in [0, 0.05) is 14.6 Å². The van der Waals surface area contributed by atoms with Crippen LogP contribution in [0.15, 0.2) is 39.3 Å². The van der Waals surface area contributed by atoms with Gasteiger partial charge < -0.3 is 16.4 Å². The number of anilines is 4. The Bertz CT molecular complexity index is 716. The lowest BCUT2D eigenvalue weighted by molar-refractivity contribution is -0.115. The van der Waals surface area contributed by atoms with Gasteiger partial charge in [0.15, 0.2) is 0 Å². The first-order valence-electron chi connectivity index (χ1n) is 5.97. The molecule has 1 aliphatic heterocycles. The quantitative estimate of drug-likeness (QED) is 0.671. The van der Waals surface area contributed by atoms with Crippen LogP contribution >= 0.6 is 31.9 Å². The zero-order chi connectivity index (χ0) is 14.3. The van der Waals surface area contributed by atoms with E-state index in [1.165, 1.54) is 0 Å². The molecule has 1 amide bonds. The first-order chi connectivity index (χ1) is 9.52. The Balaban J connectivity index is 1.97. The van der Waals surface area contributed by atoms with Crippen LogP contribution in [0.2, 0.25) is 0 Å². The van der Waals surface area contributed by atoms with Gasteiger partial charge in [-0.15, -0.1) is 0 Å². The molecule has 0 unspecified atom stereocenters. The maximum Gasteiger partial charge on any atom is 0.228 e. The van der Waals surface area contributed by atoms with E-state index in [0.29, 0.717) is 12.1 Å². The minimum atomic E-state index is 0.000172. The minimum absolute atomic E-state index is 0.000172. The highest BCUT2D eigenvalue weighted by molar-refractivity contribution is 9.11. The zero-order valence-electron chi connectivity index (χ0n) is 10.3. The van der Waals surface area contributed by atoms with Crippen molar-refractivity contribution in [2.75, 3.05) is 16.4 Å². The van der Waals surface area contributed by atoms with E-state index >= 15 is 0 Å². The van der Waals surface area contributed by atoms with E-state index in [2.05, 4.69) is 42.5 Å². The molecule has 3 rings (SSSR count). The number of fused-ring (bicyclic) bond motifs is 1.